The van der Waals surface area contributed by atoms with E-state index in [0.717, 1.165) is 11.1 Å². The Kier molecular flexibility index (Phi) is 2.72. The van der Waals surface area contributed by atoms with Crippen LogP contribution >= 0.6 is 0 Å². The van der Waals surface area contributed by atoms with E-state index in [9.17, 15) is 0 Å². The van der Waals surface area contributed by atoms with Gasteiger partial charge in [0.05, 0.1) is 0 Å². The van der Waals surface area contributed by atoms with Crippen LogP contribution in [0.15, 0.2) is 36.5 Å². The highest BCUT2D eigenvalue weighted by molar-refractivity contribution is 5.73. The molecule has 2 aromatic rings. The molecule has 0 fully saturated rings. The molecule has 4 nitrogen and oxygen atoms in total. The maximum absolute atomic E-state index is 5.91. The summed E-state index contributed by atoms with van der Waals surface area (Å²) in [6, 6.07) is 9.88. The van der Waals surface area contributed by atoms with Crippen molar-refractivity contribution < 1.29 is 0 Å². The standard InChI is InChI=1S/C12H14N4/c1-16(2)12-14-8-10(11(13)15-12)9-6-4-3-5-7-9/h3-8H,1-2H3,(H2,13,14,15). The highest BCUT2D eigenvalue weighted by atomic mass is 15.2. The van der Waals surface area contributed by atoms with Crippen LogP contribution in [0.2, 0.25) is 0 Å². The monoisotopic (exact) mass is 214 g/mol. The molecule has 16 heavy (non-hydrogen) atoms. The number of hydrogen-bond acceptors (Lipinski definition) is 4. The van der Waals surface area contributed by atoms with Crippen LogP contribution in [0.1, 0.15) is 0 Å². The normalized spacial score (nSPS) is 10.1. The van der Waals surface area contributed by atoms with E-state index in [0.29, 0.717) is 11.8 Å². The van der Waals surface area contributed by atoms with Gasteiger partial charge in [0.1, 0.15) is 5.82 Å². The molecule has 0 saturated heterocycles. The van der Waals surface area contributed by atoms with Gasteiger partial charge in [0.2, 0.25) is 5.95 Å². The topological polar surface area (TPSA) is 55.0 Å². The van der Waals surface area contributed by atoms with Crippen molar-refractivity contribution in [2.45, 2.75) is 0 Å². The molecule has 0 bridgehead atoms. The number of nitrogen functional groups attached to an aromatic ring is 1. The van der Waals surface area contributed by atoms with Crippen LogP contribution in [0.25, 0.3) is 11.1 Å². The average Bonchev–Trinajstić information content (AvgIpc) is 2.30. The predicted molar refractivity (Wildman–Crippen MR) is 66.2 cm³/mol. The largest absolute Gasteiger partial charge is 0.383 e. The second-order valence-corrected chi connectivity index (χ2v) is 3.73. The second-order valence-electron chi connectivity index (χ2n) is 3.73. The fraction of sp³-hybridized carbons (Fsp3) is 0.167. The quantitative estimate of drug-likeness (QED) is 0.828. The molecular weight excluding hydrogens is 200 g/mol. The molecule has 0 unspecified atom stereocenters. The highest BCUT2D eigenvalue weighted by Crippen LogP contribution is 2.24. The molecule has 2 N–H and O–H groups in total. The molecular formula is C12H14N4. The average molecular weight is 214 g/mol. The Labute approximate surface area is 94.8 Å². The molecule has 0 spiro atoms. The Bertz CT molecular complexity index is 480. The summed E-state index contributed by atoms with van der Waals surface area (Å²) >= 11 is 0. The minimum absolute atomic E-state index is 0.505. The van der Waals surface area contributed by atoms with Gasteiger partial charge in [-0.2, -0.15) is 4.98 Å². The van der Waals surface area contributed by atoms with E-state index >= 15 is 0 Å². The Morgan fingerprint density at radius 1 is 1.12 bits per heavy atom. The summed E-state index contributed by atoms with van der Waals surface area (Å²) in [5.41, 5.74) is 7.81. The lowest BCUT2D eigenvalue weighted by Gasteiger charge is -2.12. The number of nitrogens with two attached hydrogens (primary N) is 1. The van der Waals surface area contributed by atoms with Gasteiger partial charge >= 0.3 is 0 Å². The summed E-state index contributed by atoms with van der Waals surface area (Å²) in [7, 11) is 3.77. The molecule has 2 rings (SSSR count). The van der Waals surface area contributed by atoms with E-state index in [-0.39, 0.29) is 0 Å². The van der Waals surface area contributed by atoms with E-state index in [1.807, 2.05) is 49.3 Å². The Morgan fingerprint density at radius 2 is 1.81 bits per heavy atom. The first kappa shape index (κ1) is 10.4. The lowest BCUT2D eigenvalue weighted by molar-refractivity contribution is 1.00. The number of aromatic nitrogens is 2. The zero-order chi connectivity index (χ0) is 11.5. The lowest BCUT2D eigenvalue weighted by atomic mass is 10.1. The maximum Gasteiger partial charge on any atom is 0.226 e. The van der Waals surface area contributed by atoms with Gasteiger partial charge < -0.3 is 10.6 Å². The smallest absolute Gasteiger partial charge is 0.226 e. The summed E-state index contributed by atoms with van der Waals surface area (Å²) in [5, 5.41) is 0. The van der Waals surface area contributed by atoms with Crippen molar-refractivity contribution in [2.75, 3.05) is 24.7 Å². The van der Waals surface area contributed by atoms with Crippen LogP contribution in [0.3, 0.4) is 0 Å². The zero-order valence-electron chi connectivity index (χ0n) is 9.38. The Balaban J connectivity index is 2.45. The number of rotatable bonds is 2. The van der Waals surface area contributed by atoms with Gasteiger partial charge in [-0.25, -0.2) is 4.98 Å². The van der Waals surface area contributed by atoms with Gasteiger partial charge in [0.25, 0.3) is 0 Å². The van der Waals surface area contributed by atoms with Gasteiger partial charge in [-0.05, 0) is 5.56 Å². The maximum atomic E-state index is 5.91. The molecule has 1 aromatic carbocycles. The molecule has 1 heterocycles. The number of anilines is 2. The third-order valence-corrected chi connectivity index (χ3v) is 2.29. The van der Waals surface area contributed by atoms with Gasteiger partial charge in [-0.15, -0.1) is 0 Å². The minimum atomic E-state index is 0.505. The van der Waals surface area contributed by atoms with Crippen molar-refractivity contribution in [1.29, 1.82) is 0 Å². The Morgan fingerprint density at radius 3 is 2.38 bits per heavy atom. The van der Waals surface area contributed by atoms with E-state index in [1.165, 1.54) is 0 Å². The summed E-state index contributed by atoms with van der Waals surface area (Å²) < 4.78 is 0. The van der Waals surface area contributed by atoms with Crippen molar-refractivity contribution in [3.05, 3.63) is 36.5 Å². The van der Waals surface area contributed by atoms with Crippen LogP contribution in [0.5, 0.6) is 0 Å². The van der Waals surface area contributed by atoms with E-state index in [1.54, 1.807) is 6.20 Å². The van der Waals surface area contributed by atoms with Crippen molar-refractivity contribution >= 4 is 11.8 Å². The van der Waals surface area contributed by atoms with Crippen LogP contribution in [-0.2, 0) is 0 Å². The van der Waals surface area contributed by atoms with Crippen molar-refractivity contribution in [1.82, 2.24) is 9.97 Å². The number of benzene rings is 1. The SMILES string of the molecule is CN(C)c1ncc(-c2ccccc2)c(N)n1. The molecule has 82 valence electrons. The third kappa shape index (κ3) is 1.95. The third-order valence-electron chi connectivity index (χ3n) is 2.29. The highest BCUT2D eigenvalue weighted by Gasteiger charge is 2.06. The first-order valence-electron chi connectivity index (χ1n) is 5.04. The summed E-state index contributed by atoms with van der Waals surface area (Å²) in [6.07, 6.45) is 1.76. The second kappa shape index (κ2) is 4.18. The molecule has 0 aliphatic rings. The fourth-order valence-electron chi connectivity index (χ4n) is 1.44. The molecule has 4 heteroatoms. The van der Waals surface area contributed by atoms with Gasteiger partial charge in [0, 0.05) is 25.9 Å². The molecule has 0 radical (unpaired) electrons. The van der Waals surface area contributed by atoms with Gasteiger partial charge in [0.15, 0.2) is 0 Å². The van der Waals surface area contributed by atoms with E-state index in [2.05, 4.69) is 9.97 Å². The minimum Gasteiger partial charge on any atom is -0.383 e. The van der Waals surface area contributed by atoms with E-state index < -0.39 is 0 Å². The zero-order valence-corrected chi connectivity index (χ0v) is 9.38. The first-order chi connectivity index (χ1) is 7.68. The molecule has 1 aromatic heterocycles. The van der Waals surface area contributed by atoms with Gasteiger partial charge in [-0.3, -0.25) is 0 Å². The number of nitrogens with zero attached hydrogens (tertiary/aromatic N) is 3. The van der Waals surface area contributed by atoms with E-state index in [4.69, 9.17) is 5.73 Å². The summed E-state index contributed by atoms with van der Waals surface area (Å²) in [6.45, 7) is 0. The van der Waals surface area contributed by atoms with Crippen molar-refractivity contribution in [2.24, 2.45) is 0 Å². The van der Waals surface area contributed by atoms with Gasteiger partial charge in [-0.1, -0.05) is 30.3 Å². The summed E-state index contributed by atoms with van der Waals surface area (Å²) in [4.78, 5) is 10.3. The van der Waals surface area contributed by atoms with Crippen LogP contribution < -0.4 is 10.6 Å². The summed E-state index contributed by atoms with van der Waals surface area (Å²) in [5.74, 6) is 1.13. The predicted octanol–water partition coefficient (Wildman–Crippen LogP) is 1.79. The first-order valence-corrected chi connectivity index (χ1v) is 5.04. The van der Waals surface area contributed by atoms with Crippen molar-refractivity contribution in [3.63, 3.8) is 0 Å². The lowest BCUT2D eigenvalue weighted by Crippen LogP contribution is -2.13. The van der Waals surface area contributed by atoms with Crippen LogP contribution in [-0.4, -0.2) is 24.1 Å². The van der Waals surface area contributed by atoms with Crippen LogP contribution in [0.4, 0.5) is 11.8 Å². The fourth-order valence-corrected chi connectivity index (χ4v) is 1.44. The van der Waals surface area contributed by atoms with Crippen LogP contribution in [0, 0.1) is 0 Å². The molecule has 0 atom stereocenters. The molecule has 0 aliphatic carbocycles. The van der Waals surface area contributed by atoms with Crippen molar-refractivity contribution in [3.8, 4) is 11.1 Å². The molecule has 0 amide bonds. The Hall–Kier alpha value is -2.10. The molecule has 0 saturated carbocycles. The molecule has 0 aliphatic heterocycles. The number of hydrogen-bond donors (Lipinski definition) is 1.